The molecule has 0 spiro atoms. The molecule has 0 aromatic carbocycles. The predicted octanol–water partition coefficient (Wildman–Crippen LogP) is 0.295. The van der Waals surface area contributed by atoms with Crippen LogP contribution in [0.2, 0.25) is 0 Å². The van der Waals surface area contributed by atoms with E-state index >= 15 is 0 Å². The maximum Gasteiger partial charge on any atom is 0.324 e. The van der Waals surface area contributed by atoms with Gasteiger partial charge in [-0.2, -0.15) is 8.42 Å². The molecule has 0 bridgehead atoms. The number of carbonyl (C=O) groups excluding carboxylic acids is 1. The zero-order chi connectivity index (χ0) is 10.3. The second-order valence-electron chi connectivity index (χ2n) is 2.68. The van der Waals surface area contributed by atoms with Crippen molar-refractivity contribution in [2.24, 2.45) is 0 Å². The Bertz CT molecular complexity index is 457. The highest BCUT2D eigenvalue weighted by Gasteiger charge is 2.45. The van der Waals surface area contributed by atoms with Gasteiger partial charge in [-0.1, -0.05) is 4.49 Å². The third-order valence-corrected chi connectivity index (χ3v) is 3.75. The Balaban J connectivity index is 2.30. The third kappa shape index (κ3) is 1.49. The minimum absolute atomic E-state index is 0.108. The van der Waals surface area contributed by atoms with Gasteiger partial charge in [0.25, 0.3) is 0 Å². The van der Waals surface area contributed by atoms with E-state index in [1.807, 2.05) is 0 Å². The summed E-state index contributed by atoms with van der Waals surface area (Å²) in [6, 6.07) is -0.580. The molecule has 0 aliphatic carbocycles. The summed E-state index contributed by atoms with van der Waals surface area (Å²) in [6.45, 7) is 0. The van der Waals surface area contributed by atoms with E-state index in [0.717, 1.165) is 11.5 Å². The minimum atomic E-state index is -4.00. The number of hydrogen-bond acceptors (Lipinski definition) is 6. The molecule has 1 atom stereocenters. The molecule has 1 unspecified atom stereocenters. The van der Waals surface area contributed by atoms with Gasteiger partial charge in [-0.25, -0.2) is 4.31 Å². The van der Waals surface area contributed by atoms with Gasteiger partial charge in [-0.05, 0) is 11.5 Å². The zero-order valence-electron chi connectivity index (χ0n) is 6.62. The highest BCUT2D eigenvalue weighted by atomic mass is 35.7. The van der Waals surface area contributed by atoms with Gasteiger partial charge >= 0.3 is 9.24 Å². The number of halogens is 1. The number of carbonyl (C=O) groups is 1. The van der Waals surface area contributed by atoms with Crippen LogP contribution in [0.15, 0.2) is 5.38 Å². The molecule has 1 aliphatic rings. The monoisotopic (exact) mass is 253 g/mol. The summed E-state index contributed by atoms with van der Waals surface area (Å²) >= 11 is 1.09. The molecule has 76 valence electrons. The summed E-state index contributed by atoms with van der Waals surface area (Å²) in [4.78, 5) is 11.0. The van der Waals surface area contributed by atoms with Gasteiger partial charge in [0, 0.05) is 16.1 Å². The molecule has 6 nitrogen and oxygen atoms in total. The van der Waals surface area contributed by atoms with Crippen molar-refractivity contribution < 1.29 is 13.2 Å². The molecule has 1 aliphatic heterocycles. The van der Waals surface area contributed by atoms with Crippen molar-refractivity contribution in [1.29, 1.82) is 0 Å². The number of hydrogen-bond donors (Lipinski definition) is 0. The van der Waals surface area contributed by atoms with Crippen molar-refractivity contribution in [2.45, 2.75) is 12.5 Å². The van der Waals surface area contributed by atoms with Crippen LogP contribution < -0.4 is 0 Å². The van der Waals surface area contributed by atoms with Crippen LogP contribution in [-0.4, -0.2) is 28.2 Å². The van der Waals surface area contributed by atoms with E-state index in [2.05, 4.69) is 9.59 Å². The Hall–Kier alpha value is -0.730. The lowest BCUT2D eigenvalue weighted by Crippen LogP contribution is -2.48. The summed E-state index contributed by atoms with van der Waals surface area (Å²) < 4.78 is 26.1. The average molecular weight is 254 g/mol. The van der Waals surface area contributed by atoms with Crippen molar-refractivity contribution >= 4 is 37.4 Å². The molecular weight excluding hydrogens is 250 g/mol. The molecule has 0 saturated carbocycles. The summed E-state index contributed by atoms with van der Waals surface area (Å²) in [5.74, 6) is -0.516. The van der Waals surface area contributed by atoms with Crippen LogP contribution in [-0.2, 0) is 14.0 Å². The first kappa shape index (κ1) is 9.81. The molecule has 0 radical (unpaired) electrons. The Labute approximate surface area is 88.2 Å². The molecule has 2 heterocycles. The first-order valence-corrected chi connectivity index (χ1v) is 6.64. The standard InChI is InChI=1S/C5H4ClN3O3S2/c6-14(11,12)9-4(1-5(9)10)3-2-13-8-7-3/h2,4H,1H2. The first-order valence-electron chi connectivity index (χ1n) is 3.54. The summed E-state index contributed by atoms with van der Waals surface area (Å²) in [5.41, 5.74) is 0.457. The van der Waals surface area contributed by atoms with E-state index in [9.17, 15) is 13.2 Å². The molecule has 9 heteroatoms. The van der Waals surface area contributed by atoms with Gasteiger partial charge in [0.2, 0.25) is 5.91 Å². The lowest BCUT2D eigenvalue weighted by atomic mass is 10.0. The molecule has 1 aromatic heterocycles. The van der Waals surface area contributed by atoms with Crippen LogP contribution in [0.5, 0.6) is 0 Å². The Morgan fingerprint density at radius 2 is 2.36 bits per heavy atom. The molecule has 1 aromatic rings. The largest absolute Gasteiger partial charge is 0.324 e. The van der Waals surface area contributed by atoms with E-state index in [-0.39, 0.29) is 6.42 Å². The third-order valence-electron chi connectivity index (χ3n) is 1.85. The van der Waals surface area contributed by atoms with Crippen LogP contribution in [0, 0.1) is 0 Å². The van der Waals surface area contributed by atoms with Gasteiger partial charge in [0.15, 0.2) is 0 Å². The predicted molar refractivity (Wildman–Crippen MR) is 48.9 cm³/mol. The summed E-state index contributed by atoms with van der Waals surface area (Å²) in [7, 11) is 1.08. The van der Waals surface area contributed by atoms with Crippen LogP contribution in [0.3, 0.4) is 0 Å². The smallest absolute Gasteiger partial charge is 0.274 e. The van der Waals surface area contributed by atoms with E-state index in [4.69, 9.17) is 10.7 Å². The summed E-state index contributed by atoms with van der Waals surface area (Å²) in [5, 5.41) is 5.28. The van der Waals surface area contributed by atoms with Crippen LogP contribution in [0.25, 0.3) is 0 Å². The van der Waals surface area contributed by atoms with Gasteiger partial charge in [-0.3, -0.25) is 4.79 Å². The Morgan fingerprint density at radius 1 is 1.64 bits per heavy atom. The molecule has 2 rings (SSSR count). The van der Waals surface area contributed by atoms with Gasteiger partial charge < -0.3 is 0 Å². The Morgan fingerprint density at radius 3 is 2.79 bits per heavy atom. The number of nitrogens with zero attached hydrogens (tertiary/aromatic N) is 3. The summed E-state index contributed by atoms with van der Waals surface area (Å²) in [6.07, 6.45) is 0.108. The first-order chi connectivity index (χ1) is 6.50. The minimum Gasteiger partial charge on any atom is -0.274 e. The Kier molecular flexibility index (Phi) is 2.20. The second-order valence-corrected chi connectivity index (χ2v) is 5.68. The van der Waals surface area contributed by atoms with Crippen molar-refractivity contribution in [3.05, 3.63) is 11.1 Å². The molecular formula is C5H4ClN3O3S2. The SMILES string of the molecule is O=C1CC(c2csnn2)N1S(=O)(=O)Cl. The lowest BCUT2D eigenvalue weighted by Gasteiger charge is -2.35. The van der Waals surface area contributed by atoms with Crippen LogP contribution in [0.4, 0.5) is 0 Å². The fourth-order valence-corrected chi connectivity index (χ4v) is 3.04. The van der Waals surface area contributed by atoms with Crippen LogP contribution >= 0.6 is 22.2 Å². The topological polar surface area (TPSA) is 80.2 Å². The quantitative estimate of drug-likeness (QED) is 0.559. The highest BCUT2D eigenvalue weighted by Crippen LogP contribution is 2.37. The lowest BCUT2D eigenvalue weighted by molar-refractivity contribution is -0.137. The highest BCUT2D eigenvalue weighted by molar-refractivity contribution is 8.12. The van der Waals surface area contributed by atoms with Gasteiger partial charge in [0.1, 0.15) is 6.04 Å². The number of amides is 1. The zero-order valence-corrected chi connectivity index (χ0v) is 9.01. The number of β-lactam (4-membered cyclic amide) rings is 1. The van der Waals surface area contributed by atoms with Crippen molar-refractivity contribution in [2.75, 3.05) is 0 Å². The molecule has 1 saturated heterocycles. The van der Waals surface area contributed by atoms with Crippen molar-refractivity contribution in [3.63, 3.8) is 0 Å². The maximum atomic E-state index is 11.0. The van der Waals surface area contributed by atoms with Gasteiger partial charge in [0.05, 0.1) is 12.1 Å². The van der Waals surface area contributed by atoms with Gasteiger partial charge in [-0.15, -0.1) is 5.10 Å². The van der Waals surface area contributed by atoms with Crippen molar-refractivity contribution in [1.82, 2.24) is 13.9 Å². The van der Waals surface area contributed by atoms with E-state index in [1.165, 1.54) is 0 Å². The molecule has 14 heavy (non-hydrogen) atoms. The average Bonchev–Trinajstić information content (AvgIpc) is 2.47. The normalized spacial score (nSPS) is 22.2. The van der Waals surface area contributed by atoms with Crippen LogP contribution in [0.1, 0.15) is 18.2 Å². The van der Waals surface area contributed by atoms with E-state index in [1.54, 1.807) is 5.38 Å². The molecule has 0 N–H and O–H groups in total. The number of rotatable bonds is 2. The fraction of sp³-hybridized carbons (Fsp3) is 0.400. The second kappa shape index (κ2) is 3.14. The van der Waals surface area contributed by atoms with Crippen molar-refractivity contribution in [3.8, 4) is 0 Å². The molecule has 1 amide bonds. The molecule has 1 fully saturated rings. The maximum absolute atomic E-state index is 11.0. The number of aromatic nitrogens is 2. The van der Waals surface area contributed by atoms with E-state index in [0.29, 0.717) is 10.00 Å². The fourth-order valence-electron chi connectivity index (χ4n) is 1.22. The van der Waals surface area contributed by atoms with E-state index < -0.39 is 21.2 Å².